The molecule has 0 aromatic rings. The lowest BCUT2D eigenvalue weighted by Crippen LogP contribution is -2.60. The average molecular weight is 330 g/mol. The monoisotopic (exact) mass is 329 g/mol. The molecule has 21 heavy (non-hydrogen) atoms. The maximum absolute atomic E-state index is 11.4. The van der Waals surface area contributed by atoms with Crippen LogP contribution in [0.25, 0.3) is 0 Å². The molecule has 4 aliphatic rings. The van der Waals surface area contributed by atoms with Gasteiger partial charge in [0.05, 0.1) is 11.4 Å². The molecule has 7 unspecified atom stereocenters. The molecule has 0 radical (unpaired) electrons. The smallest absolute Gasteiger partial charge is 0.150 e. The molecule has 4 N–H and O–H groups in total. The van der Waals surface area contributed by atoms with Crippen LogP contribution in [0.5, 0.6) is 0 Å². The zero-order valence-corrected chi connectivity index (χ0v) is 13.7. The van der Waals surface area contributed by atoms with Crippen LogP contribution in [0.1, 0.15) is 44.9 Å². The number of fused-ring (bicyclic) bond motifs is 2. The summed E-state index contributed by atoms with van der Waals surface area (Å²) in [7, 11) is 0. The highest BCUT2D eigenvalue weighted by atomic mass is 35.5. The minimum Gasteiger partial charge on any atom is -0.385 e. The Hall–Kier alpha value is 0.0300. The maximum Gasteiger partial charge on any atom is 0.150 e. The fourth-order valence-corrected chi connectivity index (χ4v) is 6.75. The van der Waals surface area contributed by atoms with Crippen molar-refractivity contribution in [3.05, 3.63) is 0 Å². The fraction of sp³-hybridized carbons (Fsp3) is 0.933. The largest absolute Gasteiger partial charge is 0.385 e. The van der Waals surface area contributed by atoms with Crippen LogP contribution in [0.4, 0.5) is 0 Å². The molecule has 1 saturated heterocycles. The van der Waals surface area contributed by atoms with Gasteiger partial charge in [0, 0.05) is 22.6 Å². The molecule has 118 valence electrons. The summed E-state index contributed by atoms with van der Waals surface area (Å²) in [5, 5.41) is 15.8. The Morgan fingerprint density at radius 2 is 2.10 bits per heavy atom. The van der Waals surface area contributed by atoms with Gasteiger partial charge < -0.3 is 10.8 Å². The zero-order chi connectivity index (χ0) is 14.6. The van der Waals surface area contributed by atoms with E-state index < -0.39 is 5.60 Å². The van der Waals surface area contributed by atoms with Crippen molar-refractivity contribution >= 4 is 29.2 Å². The van der Waals surface area contributed by atoms with E-state index in [-0.39, 0.29) is 22.7 Å². The molecule has 0 bridgehead atoms. The maximum atomic E-state index is 11.4. The molecule has 4 rings (SSSR count). The van der Waals surface area contributed by atoms with E-state index in [0.717, 1.165) is 19.3 Å². The highest BCUT2D eigenvalue weighted by Gasteiger charge is 2.59. The predicted octanol–water partition coefficient (Wildman–Crippen LogP) is 1.84. The number of aliphatic imine (C=N–C) groups is 1. The van der Waals surface area contributed by atoms with Crippen LogP contribution in [-0.2, 0) is 0 Å². The van der Waals surface area contributed by atoms with E-state index in [1.807, 2.05) is 11.8 Å². The van der Waals surface area contributed by atoms with Crippen molar-refractivity contribution in [3.8, 4) is 0 Å². The third kappa shape index (κ3) is 2.23. The fourth-order valence-electron chi connectivity index (χ4n) is 4.62. The number of rotatable bonds is 1. The summed E-state index contributed by atoms with van der Waals surface area (Å²) >= 11 is 8.24. The van der Waals surface area contributed by atoms with Crippen LogP contribution < -0.4 is 11.1 Å². The number of nitrogens with one attached hydrogen (secondary N) is 1. The number of hydrogen-bond acceptors (Lipinski definition) is 5. The first kappa shape index (κ1) is 14.6. The Morgan fingerprint density at radius 1 is 1.29 bits per heavy atom. The molecule has 0 aromatic heterocycles. The van der Waals surface area contributed by atoms with Crippen molar-refractivity contribution in [1.29, 1.82) is 0 Å². The number of amidine groups is 1. The molecule has 3 fully saturated rings. The molecule has 2 aliphatic heterocycles. The Morgan fingerprint density at radius 3 is 2.90 bits per heavy atom. The Kier molecular flexibility index (Phi) is 3.68. The molecule has 7 atom stereocenters. The van der Waals surface area contributed by atoms with Crippen molar-refractivity contribution in [2.75, 3.05) is 0 Å². The van der Waals surface area contributed by atoms with Gasteiger partial charge in [-0.2, -0.15) is 0 Å². The van der Waals surface area contributed by atoms with Gasteiger partial charge in [0.2, 0.25) is 0 Å². The molecule has 2 heterocycles. The molecule has 0 spiro atoms. The van der Waals surface area contributed by atoms with Gasteiger partial charge in [0.25, 0.3) is 0 Å². The number of hydrogen-bond donors (Lipinski definition) is 3. The SMILES string of the molecule is NC1=NC2CCC(Cl)CC2C1(O)C1NC2CCCCC2S1. The number of nitrogens with zero attached hydrogens (tertiary/aromatic N) is 1. The first-order valence-electron chi connectivity index (χ1n) is 8.20. The number of aliphatic hydroxyl groups is 1. The number of thioether (sulfide) groups is 1. The van der Waals surface area contributed by atoms with E-state index in [1.54, 1.807) is 0 Å². The normalized spacial score (nSPS) is 53.1. The lowest BCUT2D eigenvalue weighted by molar-refractivity contribution is 0.0249. The van der Waals surface area contributed by atoms with Gasteiger partial charge in [0.1, 0.15) is 5.84 Å². The molecular weight excluding hydrogens is 306 g/mol. The van der Waals surface area contributed by atoms with Gasteiger partial charge >= 0.3 is 0 Å². The van der Waals surface area contributed by atoms with Gasteiger partial charge in [0.15, 0.2) is 5.60 Å². The highest BCUT2D eigenvalue weighted by molar-refractivity contribution is 8.00. The van der Waals surface area contributed by atoms with Crippen molar-refractivity contribution in [2.45, 2.75) is 78.6 Å². The van der Waals surface area contributed by atoms with E-state index >= 15 is 0 Å². The molecule has 0 amide bonds. The summed E-state index contributed by atoms with van der Waals surface area (Å²) in [5.74, 6) is 0.519. The number of halogens is 1. The first-order valence-corrected chi connectivity index (χ1v) is 9.58. The van der Waals surface area contributed by atoms with Gasteiger partial charge in [-0.25, -0.2) is 0 Å². The van der Waals surface area contributed by atoms with Crippen LogP contribution in [0.2, 0.25) is 0 Å². The summed E-state index contributed by atoms with van der Waals surface area (Å²) in [6.07, 6.45) is 7.81. The minimum atomic E-state index is -1.01. The van der Waals surface area contributed by atoms with E-state index in [9.17, 15) is 5.11 Å². The molecule has 2 saturated carbocycles. The second-order valence-electron chi connectivity index (χ2n) is 7.04. The van der Waals surface area contributed by atoms with Crippen molar-refractivity contribution in [1.82, 2.24) is 5.32 Å². The van der Waals surface area contributed by atoms with Gasteiger partial charge in [-0.15, -0.1) is 23.4 Å². The summed E-state index contributed by atoms with van der Waals surface area (Å²) in [6.45, 7) is 0. The molecule has 4 nitrogen and oxygen atoms in total. The minimum absolute atomic E-state index is 0.0219. The van der Waals surface area contributed by atoms with Crippen LogP contribution in [-0.4, -0.2) is 44.6 Å². The van der Waals surface area contributed by atoms with E-state index in [4.69, 9.17) is 17.3 Å². The van der Waals surface area contributed by atoms with E-state index in [0.29, 0.717) is 17.1 Å². The lowest BCUT2D eigenvalue weighted by Gasteiger charge is -2.40. The number of alkyl halides is 1. The third-order valence-electron chi connectivity index (χ3n) is 5.81. The standard InChI is InChI=1S/C15H24ClN3OS/c16-8-5-6-10-9(7-8)15(20,13(17)18-10)14-19-11-3-1-2-4-12(11)21-14/h8-12,14,19-20H,1-7H2,(H2,17,18). The van der Waals surface area contributed by atoms with Crippen LogP contribution >= 0.6 is 23.4 Å². The lowest BCUT2D eigenvalue weighted by atomic mass is 9.75. The van der Waals surface area contributed by atoms with E-state index in [1.165, 1.54) is 25.7 Å². The van der Waals surface area contributed by atoms with Crippen LogP contribution in [0, 0.1) is 5.92 Å². The first-order chi connectivity index (χ1) is 10.1. The topological polar surface area (TPSA) is 70.6 Å². The summed E-state index contributed by atoms with van der Waals surface area (Å²) in [6, 6.07) is 0.690. The Labute approximate surface area is 135 Å². The van der Waals surface area contributed by atoms with Crippen LogP contribution in [0.3, 0.4) is 0 Å². The average Bonchev–Trinajstić information content (AvgIpc) is 3.01. The third-order valence-corrected chi connectivity index (χ3v) is 7.89. The quantitative estimate of drug-likeness (QED) is 0.642. The Bertz CT molecular complexity index is 448. The van der Waals surface area contributed by atoms with Crippen LogP contribution in [0.15, 0.2) is 4.99 Å². The second kappa shape index (κ2) is 5.29. The molecule has 2 aliphatic carbocycles. The number of nitrogens with two attached hydrogens (primary N) is 1. The van der Waals surface area contributed by atoms with Gasteiger partial charge in [-0.1, -0.05) is 12.8 Å². The Balaban J connectivity index is 1.59. The van der Waals surface area contributed by atoms with Crippen molar-refractivity contribution < 1.29 is 5.11 Å². The zero-order valence-electron chi connectivity index (χ0n) is 12.2. The highest BCUT2D eigenvalue weighted by Crippen LogP contribution is 2.49. The summed E-state index contributed by atoms with van der Waals surface area (Å²) < 4.78 is 0. The molecular formula is C15H24ClN3OS. The van der Waals surface area contributed by atoms with E-state index in [2.05, 4.69) is 10.3 Å². The van der Waals surface area contributed by atoms with Gasteiger partial charge in [-0.3, -0.25) is 10.3 Å². The summed E-state index contributed by atoms with van der Waals surface area (Å²) in [4.78, 5) is 4.59. The van der Waals surface area contributed by atoms with Crippen molar-refractivity contribution in [2.24, 2.45) is 16.6 Å². The molecule has 6 heteroatoms. The second-order valence-corrected chi connectivity index (χ2v) is 9.00. The van der Waals surface area contributed by atoms with Gasteiger partial charge in [-0.05, 0) is 32.1 Å². The molecule has 0 aromatic carbocycles. The summed E-state index contributed by atoms with van der Waals surface area (Å²) in [5.41, 5.74) is 5.18. The van der Waals surface area contributed by atoms with Crippen molar-refractivity contribution in [3.63, 3.8) is 0 Å². The predicted molar refractivity (Wildman–Crippen MR) is 87.9 cm³/mol.